The molecule has 4 heterocycles. The Labute approximate surface area is 163 Å². The van der Waals surface area contributed by atoms with Crippen molar-refractivity contribution in [2.45, 2.75) is 38.6 Å². The van der Waals surface area contributed by atoms with Crippen molar-refractivity contribution < 1.29 is 4.79 Å². The lowest BCUT2D eigenvalue weighted by molar-refractivity contribution is 0.0940. The van der Waals surface area contributed by atoms with Gasteiger partial charge in [-0.1, -0.05) is 24.3 Å². The van der Waals surface area contributed by atoms with Gasteiger partial charge in [0.1, 0.15) is 11.3 Å². The molecule has 0 unspecified atom stereocenters. The quantitative estimate of drug-likeness (QED) is 0.522. The highest BCUT2D eigenvalue weighted by atomic mass is 16.1. The van der Waals surface area contributed by atoms with Crippen molar-refractivity contribution in [2.75, 3.05) is 11.9 Å². The van der Waals surface area contributed by atoms with E-state index in [4.69, 9.17) is 9.97 Å². The van der Waals surface area contributed by atoms with E-state index in [1.165, 1.54) is 0 Å². The molecule has 0 radical (unpaired) electrons. The van der Waals surface area contributed by atoms with Crippen molar-refractivity contribution in [3.8, 4) is 11.3 Å². The SMILES string of the molecule is Cc1nc2cccc3c2nc1NC(C)(C)/C=C/C[C@H]1CNC(=O)c2cc-3[nH]c21. The molecule has 142 valence electrons. The Morgan fingerprint density at radius 2 is 2.04 bits per heavy atom. The van der Waals surface area contributed by atoms with Gasteiger partial charge < -0.3 is 15.6 Å². The Morgan fingerprint density at radius 3 is 2.89 bits per heavy atom. The zero-order valence-corrected chi connectivity index (χ0v) is 16.3. The number of H-pyrrole nitrogens is 1. The number of aromatic amines is 1. The van der Waals surface area contributed by atoms with E-state index in [2.05, 4.69) is 41.6 Å². The zero-order valence-electron chi connectivity index (χ0n) is 16.3. The van der Waals surface area contributed by atoms with Gasteiger partial charge in [-0.05, 0) is 39.3 Å². The molecule has 6 heteroatoms. The standard InChI is InChI=1S/C22H23N5O/c1-12-20-26-19-14(7-4-8-16(19)24-12)17-10-15-18(25-17)13(11-23-21(15)28)6-5-9-22(2,3)27-20/h4-5,7-10,13,25H,6,11H2,1-3H3,(H,23,28)(H,26,27)/b9-5+/t13-/m0/s1. The summed E-state index contributed by atoms with van der Waals surface area (Å²) in [5.74, 6) is 0.987. The average Bonchev–Trinajstić information content (AvgIpc) is 3.09. The molecule has 1 amide bonds. The van der Waals surface area contributed by atoms with Crippen LogP contribution >= 0.6 is 0 Å². The number of rotatable bonds is 0. The highest BCUT2D eigenvalue weighted by molar-refractivity contribution is 6.00. The van der Waals surface area contributed by atoms with Crippen molar-refractivity contribution in [1.29, 1.82) is 0 Å². The fraction of sp³-hybridized carbons (Fsp3) is 0.318. The average molecular weight is 373 g/mol. The van der Waals surface area contributed by atoms with Crippen molar-refractivity contribution in [1.82, 2.24) is 20.3 Å². The first-order chi connectivity index (χ1) is 13.4. The summed E-state index contributed by atoms with van der Waals surface area (Å²) in [7, 11) is 0. The number of carbonyl (C=O) groups is 1. The number of benzene rings is 1. The van der Waals surface area contributed by atoms with Crippen LogP contribution in [-0.4, -0.2) is 32.9 Å². The number of hydrogen-bond donors (Lipinski definition) is 3. The largest absolute Gasteiger partial charge is 0.360 e. The fourth-order valence-electron chi connectivity index (χ4n) is 4.11. The minimum absolute atomic E-state index is 0.0188. The summed E-state index contributed by atoms with van der Waals surface area (Å²) in [5, 5.41) is 6.55. The minimum Gasteiger partial charge on any atom is -0.360 e. The van der Waals surface area contributed by atoms with Crippen molar-refractivity contribution in [2.24, 2.45) is 0 Å². The van der Waals surface area contributed by atoms with E-state index in [0.717, 1.165) is 51.5 Å². The monoisotopic (exact) mass is 373 g/mol. The molecular weight excluding hydrogens is 350 g/mol. The van der Waals surface area contributed by atoms with Crippen molar-refractivity contribution >= 4 is 22.8 Å². The van der Waals surface area contributed by atoms with Crippen LogP contribution in [0.3, 0.4) is 0 Å². The Morgan fingerprint density at radius 1 is 1.18 bits per heavy atom. The van der Waals surface area contributed by atoms with Gasteiger partial charge in [0.05, 0.1) is 22.3 Å². The van der Waals surface area contributed by atoms with Crippen LogP contribution in [0, 0.1) is 6.92 Å². The van der Waals surface area contributed by atoms with Crippen molar-refractivity contribution in [3.05, 3.63) is 53.4 Å². The van der Waals surface area contributed by atoms with Crippen LogP contribution in [0.4, 0.5) is 5.82 Å². The number of para-hydroxylation sites is 1. The molecule has 0 fully saturated rings. The molecule has 2 aliphatic rings. The van der Waals surface area contributed by atoms with E-state index in [0.29, 0.717) is 6.54 Å². The van der Waals surface area contributed by atoms with Gasteiger partial charge in [-0.2, -0.15) is 0 Å². The second kappa shape index (κ2) is 5.92. The first kappa shape index (κ1) is 17.0. The molecule has 0 saturated heterocycles. The van der Waals surface area contributed by atoms with Gasteiger partial charge in [-0.15, -0.1) is 0 Å². The molecule has 4 bridgehead atoms. The fourth-order valence-corrected chi connectivity index (χ4v) is 4.11. The maximum Gasteiger partial charge on any atom is 0.253 e. The van der Waals surface area contributed by atoms with Gasteiger partial charge >= 0.3 is 0 Å². The summed E-state index contributed by atoms with van der Waals surface area (Å²) in [4.78, 5) is 25.7. The second-order valence-corrected chi connectivity index (χ2v) is 8.23. The van der Waals surface area contributed by atoms with E-state index in [1.807, 2.05) is 31.2 Å². The highest BCUT2D eigenvalue weighted by Gasteiger charge is 2.28. The lowest BCUT2D eigenvalue weighted by Crippen LogP contribution is -2.34. The number of nitrogens with one attached hydrogen (secondary N) is 3. The number of carbonyl (C=O) groups excluding carboxylic acids is 1. The maximum absolute atomic E-state index is 12.4. The molecule has 3 N–H and O–H groups in total. The van der Waals surface area contributed by atoms with Crippen LogP contribution in [0.15, 0.2) is 36.4 Å². The van der Waals surface area contributed by atoms with E-state index in [9.17, 15) is 4.79 Å². The summed E-state index contributed by atoms with van der Waals surface area (Å²) in [6.07, 6.45) is 5.21. The van der Waals surface area contributed by atoms with Gasteiger partial charge in [-0.25, -0.2) is 9.97 Å². The summed E-state index contributed by atoms with van der Waals surface area (Å²) in [6.45, 7) is 6.87. The first-order valence-corrected chi connectivity index (χ1v) is 9.66. The number of fused-ring (bicyclic) bond motifs is 3. The zero-order chi connectivity index (χ0) is 19.5. The molecule has 0 saturated carbocycles. The maximum atomic E-state index is 12.4. The second-order valence-electron chi connectivity index (χ2n) is 8.23. The van der Waals surface area contributed by atoms with Gasteiger partial charge in [0.15, 0.2) is 0 Å². The van der Waals surface area contributed by atoms with E-state index >= 15 is 0 Å². The smallest absolute Gasteiger partial charge is 0.253 e. The van der Waals surface area contributed by atoms with Gasteiger partial charge in [0.2, 0.25) is 0 Å². The Hall–Kier alpha value is -3.15. The Bertz CT molecular complexity index is 1140. The molecule has 1 aromatic carbocycles. The third-order valence-electron chi connectivity index (χ3n) is 5.57. The number of hydrogen-bond acceptors (Lipinski definition) is 4. The minimum atomic E-state index is -0.267. The van der Waals surface area contributed by atoms with Gasteiger partial charge in [0.25, 0.3) is 5.91 Å². The molecule has 5 rings (SSSR count). The Kier molecular flexibility index (Phi) is 3.59. The van der Waals surface area contributed by atoms with Crippen molar-refractivity contribution in [3.63, 3.8) is 0 Å². The van der Waals surface area contributed by atoms with Crippen LogP contribution < -0.4 is 10.6 Å². The van der Waals surface area contributed by atoms with E-state index in [1.54, 1.807) is 0 Å². The summed E-state index contributed by atoms with van der Waals surface area (Å²) >= 11 is 0. The predicted octanol–water partition coefficient (Wildman–Crippen LogP) is 3.91. The predicted molar refractivity (Wildman–Crippen MR) is 111 cm³/mol. The Balaban J connectivity index is 1.81. The third kappa shape index (κ3) is 2.68. The van der Waals surface area contributed by atoms with E-state index in [-0.39, 0.29) is 17.4 Å². The topological polar surface area (TPSA) is 82.7 Å². The number of aryl methyl sites for hydroxylation is 1. The number of nitrogens with zero attached hydrogens (tertiary/aromatic N) is 2. The first-order valence-electron chi connectivity index (χ1n) is 9.66. The summed E-state index contributed by atoms with van der Waals surface area (Å²) in [5.41, 5.74) is 5.87. The number of aromatic nitrogens is 3. The van der Waals surface area contributed by atoms with Crippen LogP contribution in [-0.2, 0) is 0 Å². The van der Waals surface area contributed by atoms with Crippen LogP contribution in [0.2, 0.25) is 0 Å². The highest BCUT2D eigenvalue weighted by Crippen LogP contribution is 2.35. The lowest BCUT2D eigenvalue weighted by atomic mass is 9.93. The lowest BCUT2D eigenvalue weighted by Gasteiger charge is -2.25. The number of allylic oxidation sites excluding steroid dienone is 1. The number of amides is 1. The molecule has 28 heavy (non-hydrogen) atoms. The third-order valence-corrected chi connectivity index (χ3v) is 5.57. The normalized spacial score (nSPS) is 21.2. The molecule has 2 aromatic heterocycles. The summed E-state index contributed by atoms with van der Waals surface area (Å²) < 4.78 is 0. The number of anilines is 1. The molecule has 6 nitrogen and oxygen atoms in total. The van der Waals surface area contributed by atoms with E-state index < -0.39 is 0 Å². The van der Waals surface area contributed by atoms with Crippen LogP contribution in [0.25, 0.3) is 22.3 Å². The molecule has 0 spiro atoms. The summed E-state index contributed by atoms with van der Waals surface area (Å²) in [6, 6.07) is 7.94. The van der Waals surface area contributed by atoms with Crippen LogP contribution in [0.1, 0.15) is 47.9 Å². The molecule has 3 aromatic rings. The molecule has 0 aliphatic carbocycles. The van der Waals surface area contributed by atoms with Gasteiger partial charge in [0, 0.05) is 29.4 Å². The van der Waals surface area contributed by atoms with Gasteiger partial charge in [-0.3, -0.25) is 4.79 Å². The molecular formula is C22H23N5O. The molecule has 1 atom stereocenters. The molecule has 2 aliphatic heterocycles. The van der Waals surface area contributed by atoms with Crippen LogP contribution in [0.5, 0.6) is 0 Å².